The SMILES string of the molecule is CCC(CC)N(CC(C)C)c1cc(Br)ccc1C(C)=O. The van der Waals surface area contributed by atoms with Crippen molar-refractivity contribution < 1.29 is 4.79 Å². The van der Waals surface area contributed by atoms with Crippen LogP contribution in [0.5, 0.6) is 0 Å². The number of hydrogen-bond donors (Lipinski definition) is 0. The molecule has 0 amide bonds. The standard InChI is InChI=1S/C17H26BrNO/c1-6-15(7-2)19(11-12(3)4)17-10-14(18)8-9-16(17)13(5)20/h8-10,12,15H,6-7,11H2,1-5H3. The first-order chi connectivity index (χ1) is 9.40. The summed E-state index contributed by atoms with van der Waals surface area (Å²) in [5.74, 6) is 0.696. The molecule has 0 spiro atoms. The van der Waals surface area contributed by atoms with Gasteiger partial charge in [0.2, 0.25) is 0 Å². The van der Waals surface area contributed by atoms with Crippen LogP contribution in [0.4, 0.5) is 5.69 Å². The van der Waals surface area contributed by atoms with Crippen LogP contribution >= 0.6 is 15.9 Å². The molecule has 3 heteroatoms. The van der Waals surface area contributed by atoms with Crippen molar-refractivity contribution >= 4 is 27.4 Å². The van der Waals surface area contributed by atoms with E-state index in [1.807, 2.05) is 12.1 Å². The summed E-state index contributed by atoms with van der Waals surface area (Å²) in [6.07, 6.45) is 2.18. The number of halogens is 1. The minimum absolute atomic E-state index is 0.132. The Balaban J connectivity index is 3.31. The maximum Gasteiger partial charge on any atom is 0.161 e. The number of Topliss-reactive ketones (excluding diaryl/α,β-unsaturated/α-hetero) is 1. The van der Waals surface area contributed by atoms with Gasteiger partial charge in [-0.3, -0.25) is 4.79 Å². The molecule has 0 saturated heterocycles. The number of anilines is 1. The molecule has 0 radical (unpaired) electrons. The van der Waals surface area contributed by atoms with Gasteiger partial charge in [0, 0.05) is 28.3 Å². The van der Waals surface area contributed by atoms with Gasteiger partial charge in [-0.25, -0.2) is 0 Å². The third-order valence-corrected chi connectivity index (χ3v) is 4.09. The van der Waals surface area contributed by atoms with E-state index in [1.165, 1.54) is 0 Å². The van der Waals surface area contributed by atoms with Gasteiger partial charge < -0.3 is 4.90 Å². The van der Waals surface area contributed by atoms with E-state index in [9.17, 15) is 4.79 Å². The molecule has 0 heterocycles. The van der Waals surface area contributed by atoms with E-state index in [-0.39, 0.29) is 5.78 Å². The summed E-state index contributed by atoms with van der Waals surface area (Å²) in [6.45, 7) is 11.5. The molecule has 0 atom stereocenters. The Morgan fingerprint density at radius 2 is 1.85 bits per heavy atom. The van der Waals surface area contributed by atoms with E-state index >= 15 is 0 Å². The first-order valence-corrected chi connectivity index (χ1v) is 8.27. The summed E-state index contributed by atoms with van der Waals surface area (Å²) in [5, 5.41) is 0. The Labute approximate surface area is 131 Å². The fourth-order valence-corrected chi connectivity index (χ4v) is 2.96. The van der Waals surface area contributed by atoms with Crippen molar-refractivity contribution in [3.8, 4) is 0 Å². The third kappa shape index (κ3) is 4.34. The Morgan fingerprint density at radius 1 is 1.25 bits per heavy atom. The maximum atomic E-state index is 11.9. The number of carbonyl (C=O) groups excluding carboxylic acids is 1. The highest BCUT2D eigenvalue weighted by atomic mass is 79.9. The van der Waals surface area contributed by atoms with E-state index in [2.05, 4.69) is 54.6 Å². The lowest BCUT2D eigenvalue weighted by Crippen LogP contribution is -2.38. The second kappa shape index (κ2) is 7.82. The van der Waals surface area contributed by atoms with Crippen molar-refractivity contribution in [2.45, 2.75) is 53.5 Å². The van der Waals surface area contributed by atoms with Crippen molar-refractivity contribution in [1.29, 1.82) is 0 Å². The van der Waals surface area contributed by atoms with Crippen LogP contribution in [0.2, 0.25) is 0 Å². The minimum atomic E-state index is 0.132. The van der Waals surface area contributed by atoms with Gasteiger partial charge >= 0.3 is 0 Å². The summed E-state index contributed by atoms with van der Waals surface area (Å²) in [7, 11) is 0. The van der Waals surface area contributed by atoms with E-state index in [0.717, 1.165) is 35.1 Å². The number of carbonyl (C=O) groups is 1. The fourth-order valence-electron chi connectivity index (χ4n) is 2.61. The van der Waals surface area contributed by atoms with Crippen LogP contribution in [0, 0.1) is 5.92 Å². The molecule has 20 heavy (non-hydrogen) atoms. The molecule has 112 valence electrons. The van der Waals surface area contributed by atoms with E-state index in [1.54, 1.807) is 6.92 Å². The Bertz CT molecular complexity index is 452. The van der Waals surface area contributed by atoms with Gasteiger partial charge in [0.15, 0.2) is 5.78 Å². The van der Waals surface area contributed by atoms with Gasteiger partial charge in [0.05, 0.1) is 0 Å². The molecule has 0 aliphatic carbocycles. The van der Waals surface area contributed by atoms with E-state index < -0.39 is 0 Å². The molecule has 1 aromatic carbocycles. The van der Waals surface area contributed by atoms with Crippen LogP contribution in [0.25, 0.3) is 0 Å². The van der Waals surface area contributed by atoms with Crippen LogP contribution in [-0.2, 0) is 0 Å². The summed E-state index contributed by atoms with van der Waals surface area (Å²) < 4.78 is 1.03. The molecular formula is C17H26BrNO. The zero-order chi connectivity index (χ0) is 15.3. The molecule has 1 aromatic rings. The number of rotatable bonds is 7. The van der Waals surface area contributed by atoms with Gasteiger partial charge in [-0.15, -0.1) is 0 Å². The zero-order valence-electron chi connectivity index (χ0n) is 13.2. The van der Waals surface area contributed by atoms with Gasteiger partial charge in [0.1, 0.15) is 0 Å². The van der Waals surface area contributed by atoms with Gasteiger partial charge in [-0.1, -0.05) is 43.6 Å². The summed E-state index contributed by atoms with van der Waals surface area (Å²) in [4.78, 5) is 14.3. The molecule has 0 aromatic heterocycles. The molecule has 0 saturated carbocycles. The minimum Gasteiger partial charge on any atom is -0.368 e. The molecule has 0 fully saturated rings. The maximum absolute atomic E-state index is 11.9. The predicted octanol–water partition coefficient (Wildman–Crippen LogP) is 5.30. The first kappa shape index (κ1) is 17.2. The summed E-state index contributed by atoms with van der Waals surface area (Å²) in [6, 6.07) is 6.43. The Hall–Kier alpha value is -0.830. The second-order valence-electron chi connectivity index (χ2n) is 5.73. The van der Waals surface area contributed by atoms with Crippen LogP contribution in [-0.4, -0.2) is 18.4 Å². The number of benzene rings is 1. The largest absolute Gasteiger partial charge is 0.368 e. The molecule has 2 nitrogen and oxygen atoms in total. The molecule has 1 rings (SSSR count). The Morgan fingerprint density at radius 3 is 2.30 bits per heavy atom. The average molecular weight is 340 g/mol. The number of hydrogen-bond acceptors (Lipinski definition) is 2. The monoisotopic (exact) mass is 339 g/mol. The highest BCUT2D eigenvalue weighted by Crippen LogP contribution is 2.29. The number of ketones is 1. The topological polar surface area (TPSA) is 20.3 Å². The van der Waals surface area contributed by atoms with Gasteiger partial charge in [-0.2, -0.15) is 0 Å². The molecule has 0 unspecified atom stereocenters. The van der Waals surface area contributed by atoms with Crippen molar-refractivity contribution in [3.63, 3.8) is 0 Å². The molecule has 0 aliphatic rings. The van der Waals surface area contributed by atoms with Gasteiger partial charge in [-0.05, 0) is 43.9 Å². The van der Waals surface area contributed by atoms with Crippen LogP contribution in [0.3, 0.4) is 0 Å². The molecule has 0 N–H and O–H groups in total. The highest BCUT2D eigenvalue weighted by molar-refractivity contribution is 9.10. The molecular weight excluding hydrogens is 314 g/mol. The predicted molar refractivity (Wildman–Crippen MR) is 90.7 cm³/mol. The van der Waals surface area contributed by atoms with Crippen LogP contribution in [0.15, 0.2) is 22.7 Å². The summed E-state index contributed by atoms with van der Waals surface area (Å²) in [5.41, 5.74) is 1.88. The van der Waals surface area contributed by atoms with Crippen molar-refractivity contribution in [2.75, 3.05) is 11.4 Å². The molecule has 0 aliphatic heterocycles. The molecule has 0 bridgehead atoms. The van der Waals surface area contributed by atoms with Crippen molar-refractivity contribution in [1.82, 2.24) is 0 Å². The zero-order valence-corrected chi connectivity index (χ0v) is 14.8. The quantitative estimate of drug-likeness (QED) is 0.628. The Kier molecular flexibility index (Phi) is 6.74. The normalized spacial score (nSPS) is 11.2. The van der Waals surface area contributed by atoms with Crippen LogP contribution < -0.4 is 4.90 Å². The van der Waals surface area contributed by atoms with E-state index in [0.29, 0.717) is 12.0 Å². The smallest absolute Gasteiger partial charge is 0.161 e. The van der Waals surface area contributed by atoms with E-state index in [4.69, 9.17) is 0 Å². The lowest BCUT2D eigenvalue weighted by molar-refractivity contribution is 0.101. The summed E-state index contributed by atoms with van der Waals surface area (Å²) >= 11 is 3.53. The average Bonchev–Trinajstić information content (AvgIpc) is 2.38. The highest BCUT2D eigenvalue weighted by Gasteiger charge is 2.21. The fraction of sp³-hybridized carbons (Fsp3) is 0.588. The lowest BCUT2D eigenvalue weighted by Gasteiger charge is -2.35. The first-order valence-electron chi connectivity index (χ1n) is 7.47. The number of nitrogens with zero attached hydrogens (tertiary/aromatic N) is 1. The van der Waals surface area contributed by atoms with Gasteiger partial charge in [0.25, 0.3) is 0 Å². The van der Waals surface area contributed by atoms with Crippen molar-refractivity contribution in [3.05, 3.63) is 28.2 Å². The second-order valence-corrected chi connectivity index (χ2v) is 6.65. The third-order valence-electron chi connectivity index (χ3n) is 3.59. The lowest BCUT2D eigenvalue weighted by atomic mass is 10.0. The van der Waals surface area contributed by atoms with Crippen molar-refractivity contribution in [2.24, 2.45) is 5.92 Å². The van der Waals surface area contributed by atoms with Crippen LogP contribution in [0.1, 0.15) is 57.8 Å².